The number of benzene rings is 1. The quantitative estimate of drug-likeness (QED) is 0.866. The Morgan fingerprint density at radius 3 is 2.71 bits per heavy atom. The summed E-state index contributed by atoms with van der Waals surface area (Å²) in [5.41, 5.74) is 1.83. The molecule has 1 heterocycles. The molecule has 0 amide bonds. The van der Waals surface area contributed by atoms with E-state index in [1.165, 1.54) is 0 Å². The smallest absolute Gasteiger partial charge is 0.337 e. The Kier molecular flexibility index (Phi) is 2.65. The zero-order valence-corrected chi connectivity index (χ0v) is 10.3. The highest BCUT2D eigenvalue weighted by molar-refractivity contribution is 6.01. The van der Waals surface area contributed by atoms with Gasteiger partial charge in [-0.05, 0) is 17.5 Å². The number of aromatic nitrogens is 2. The summed E-state index contributed by atoms with van der Waals surface area (Å²) in [5.74, 6) is -0.911. The number of hydrogen-bond donors (Lipinski definition) is 1. The molecule has 0 aliphatic carbocycles. The first kappa shape index (κ1) is 11.6. The molecule has 0 fully saturated rings. The molecule has 1 aromatic heterocycles. The molecule has 0 radical (unpaired) electrons. The third-order valence-corrected chi connectivity index (χ3v) is 2.51. The lowest BCUT2D eigenvalue weighted by Gasteiger charge is -2.19. The van der Waals surface area contributed by atoms with E-state index in [2.05, 4.69) is 25.8 Å². The molecule has 0 atom stereocenters. The second-order valence-corrected chi connectivity index (χ2v) is 5.41. The average molecular weight is 232 g/mol. The lowest BCUT2D eigenvalue weighted by Crippen LogP contribution is -2.15. The van der Waals surface area contributed by atoms with Crippen molar-refractivity contribution in [3.8, 4) is 0 Å². The summed E-state index contributed by atoms with van der Waals surface area (Å²) in [7, 11) is 0. The Morgan fingerprint density at radius 1 is 1.41 bits per heavy atom. The van der Waals surface area contributed by atoms with Crippen LogP contribution in [0.25, 0.3) is 11.0 Å². The van der Waals surface area contributed by atoms with E-state index in [1.807, 2.05) is 10.6 Å². The second kappa shape index (κ2) is 3.87. The van der Waals surface area contributed by atoms with Crippen LogP contribution in [-0.4, -0.2) is 20.6 Å². The normalized spacial score (nSPS) is 11.9. The van der Waals surface area contributed by atoms with E-state index in [0.717, 1.165) is 12.1 Å². The number of rotatable bonds is 2. The third kappa shape index (κ3) is 2.30. The fourth-order valence-electron chi connectivity index (χ4n) is 1.93. The van der Waals surface area contributed by atoms with E-state index >= 15 is 0 Å². The molecule has 0 saturated carbocycles. The SMILES string of the molecule is CC(C)(C)Cn1cnc2cccc(C(=O)O)c21. The van der Waals surface area contributed by atoms with Crippen molar-refractivity contribution in [1.82, 2.24) is 9.55 Å². The largest absolute Gasteiger partial charge is 0.478 e. The van der Waals surface area contributed by atoms with Gasteiger partial charge in [-0.3, -0.25) is 0 Å². The van der Waals surface area contributed by atoms with Gasteiger partial charge in [0, 0.05) is 6.54 Å². The summed E-state index contributed by atoms with van der Waals surface area (Å²) in [4.78, 5) is 15.4. The lowest BCUT2D eigenvalue weighted by atomic mass is 9.97. The van der Waals surface area contributed by atoms with Gasteiger partial charge in [0.15, 0.2) is 0 Å². The highest BCUT2D eigenvalue weighted by Crippen LogP contribution is 2.23. The molecule has 1 N–H and O–H groups in total. The van der Waals surface area contributed by atoms with Gasteiger partial charge in [-0.2, -0.15) is 0 Å². The molecule has 4 heteroatoms. The Labute approximate surface area is 99.9 Å². The molecule has 0 aliphatic rings. The minimum Gasteiger partial charge on any atom is -0.478 e. The molecular weight excluding hydrogens is 216 g/mol. The van der Waals surface area contributed by atoms with Crippen molar-refractivity contribution in [3.63, 3.8) is 0 Å². The predicted octanol–water partition coefficient (Wildman–Crippen LogP) is 2.78. The van der Waals surface area contributed by atoms with Crippen LogP contribution in [0.4, 0.5) is 0 Å². The molecule has 0 spiro atoms. The number of imidazole rings is 1. The Hall–Kier alpha value is -1.84. The molecule has 2 aromatic rings. The number of carboxylic acid groups (broad SMARTS) is 1. The van der Waals surface area contributed by atoms with Crippen molar-refractivity contribution < 1.29 is 9.90 Å². The van der Waals surface area contributed by atoms with Gasteiger partial charge < -0.3 is 9.67 Å². The summed E-state index contributed by atoms with van der Waals surface area (Å²) in [6, 6.07) is 5.17. The standard InChI is InChI=1S/C13H16N2O2/c1-13(2,3)7-15-8-14-10-6-4-5-9(11(10)15)12(16)17/h4-6,8H,7H2,1-3H3,(H,16,17). The first-order valence-electron chi connectivity index (χ1n) is 5.56. The monoisotopic (exact) mass is 232 g/mol. The zero-order valence-electron chi connectivity index (χ0n) is 10.3. The average Bonchev–Trinajstić information content (AvgIpc) is 2.59. The third-order valence-electron chi connectivity index (χ3n) is 2.51. The minimum absolute atomic E-state index is 0.0826. The van der Waals surface area contributed by atoms with Crippen LogP contribution in [0.5, 0.6) is 0 Å². The van der Waals surface area contributed by atoms with Crippen molar-refractivity contribution in [2.24, 2.45) is 5.41 Å². The van der Waals surface area contributed by atoms with Crippen molar-refractivity contribution >= 4 is 17.0 Å². The number of aromatic carboxylic acids is 1. The minimum atomic E-state index is -0.911. The van der Waals surface area contributed by atoms with Crippen molar-refractivity contribution in [2.75, 3.05) is 0 Å². The molecule has 1 aromatic carbocycles. The van der Waals surface area contributed by atoms with Crippen LogP contribution in [0.15, 0.2) is 24.5 Å². The number of para-hydroxylation sites is 1. The maximum absolute atomic E-state index is 11.2. The zero-order chi connectivity index (χ0) is 12.6. The maximum Gasteiger partial charge on any atom is 0.337 e. The number of nitrogens with zero attached hydrogens (tertiary/aromatic N) is 2. The van der Waals surface area contributed by atoms with Gasteiger partial charge in [0.1, 0.15) is 0 Å². The van der Waals surface area contributed by atoms with Gasteiger partial charge in [0.2, 0.25) is 0 Å². The Balaban J connectivity index is 2.61. The fraction of sp³-hybridized carbons (Fsp3) is 0.385. The Bertz CT molecular complexity index is 564. The van der Waals surface area contributed by atoms with Crippen LogP contribution in [-0.2, 0) is 6.54 Å². The molecule has 0 aliphatic heterocycles. The molecule has 17 heavy (non-hydrogen) atoms. The molecule has 2 rings (SSSR count). The first-order chi connectivity index (χ1) is 7.88. The number of carbonyl (C=O) groups is 1. The summed E-state index contributed by atoms with van der Waals surface area (Å²) in [5, 5.41) is 9.18. The predicted molar refractivity (Wildman–Crippen MR) is 66.1 cm³/mol. The summed E-state index contributed by atoms with van der Waals surface area (Å²) in [6.45, 7) is 7.08. The lowest BCUT2D eigenvalue weighted by molar-refractivity contribution is 0.0698. The number of hydrogen-bond acceptors (Lipinski definition) is 2. The summed E-state index contributed by atoms with van der Waals surface area (Å²) < 4.78 is 1.92. The molecule has 90 valence electrons. The van der Waals surface area contributed by atoms with Gasteiger partial charge in [-0.15, -0.1) is 0 Å². The summed E-state index contributed by atoms with van der Waals surface area (Å²) >= 11 is 0. The van der Waals surface area contributed by atoms with E-state index in [4.69, 9.17) is 0 Å². The van der Waals surface area contributed by atoms with E-state index in [0.29, 0.717) is 11.1 Å². The van der Waals surface area contributed by atoms with Crippen molar-refractivity contribution in [3.05, 3.63) is 30.1 Å². The van der Waals surface area contributed by atoms with Crippen molar-refractivity contribution in [2.45, 2.75) is 27.3 Å². The van der Waals surface area contributed by atoms with E-state index in [-0.39, 0.29) is 5.41 Å². The summed E-state index contributed by atoms with van der Waals surface area (Å²) in [6.07, 6.45) is 1.71. The molecule has 0 saturated heterocycles. The van der Waals surface area contributed by atoms with Gasteiger partial charge >= 0.3 is 5.97 Å². The van der Waals surface area contributed by atoms with Crippen molar-refractivity contribution in [1.29, 1.82) is 0 Å². The van der Waals surface area contributed by atoms with Gasteiger partial charge in [-0.25, -0.2) is 9.78 Å². The van der Waals surface area contributed by atoms with Gasteiger partial charge in [0.25, 0.3) is 0 Å². The van der Waals surface area contributed by atoms with Crippen LogP contribution in [0, 0.1) is 5.41 Å². The van der Waals surface area contributed by atoms with Crippen LogP contribution < -0.4 is 0 Å². The second-order valence-electron chi connectivity index (χ2n) is 5.41. The molecular formula is C13H16N2O2. The van der Waals surface area contributed by atoms with E-state index in [1.54, 1.807) is 18.5 Å². The molecule has 0 bridgehead atoms. The van der Waals surface area contributed by atoms with Crippen LogP contribution >= 0.6 is 0 Å². The fourth-order valence-corrected chi connectivity index (χ4v) is 1.93. The molecule has 4 nitrogen and oxygen atoms in total. The maximum atomic E-state index is 11.2. The van der Waals surface area contributed by atoms with Crippen LogP contribution in [0.2, 0.25) is 0 Å². The Morgan fingerprint density at radius 2 is 2.12 bits per heavy atom. The van der Waals surface area contributed by atoms with Crippen LogP contribution in [0.1, 0.15) is 31.1 Å². The van der Waals surface area contributed by atoms with E-state index in [9.17, 15) is 9.90 Å². The first-order valence-corrected chi connectivity index (χ1v) is 5.56. The number of carboxylic acids is 1. The van der Waals surface area contributed by atoms with Crippen LogP contribution in [0.3, 0.4) is 0 Å². The van der Waals surface area contributed by atoms with E-state index < -0.39 is 5.97 Å². The molecule has 0 unspecified atom stereocenters. The van der Waals surface area contributed by atoms with Gasteiger partial charge in [-0.1, -0.05) is 26.8 Å². The topological polar surface area (TPSA) is 55.1 Å². The highest BCUT2D eigenvalue weighted by atomic mass is 16.4. The highest BCUT2D eigenvalue weighted by Gasteiger charge is 2.17. The number of fused-ring (bicyclic) bond motifs is 1. The van der Waals surface area contributed by atoms with Gasteiger partial charge in [0.05, 0.1) is 22.9 Å².